The molecule has 12 N–H and O–H groups in total. The van der Waals surface area contributed by atoms with Crippen LogP contribution in [0.3, 0.4) is 0 Å². The molecular weight excluding hydrogens is 502 g/mol. The van der Waals surface area contributed by atoms with Gasteiger partial charge in [-0.1, -0.05) is 20.3 Å². The highest BCUT2D eigenvalue weighted by molar-refractivity contribution is 5.95. The van der Waals surface area contributed by atoms with Gasteiger partial charge in [0, 0.05) is 24.9 Å². The highest BCUT2D eigenvalue weighted by atomic mass is 16.4. The number of H-pyrrole nitrogens is 1. The number of aliphatic carboxylic acids is 2. The van der Waals surface area contributed by atoms with Crippen molar-refractivity contribution in [2.45, 2.75) is 70.1 Å². The van der Waals surface area contributed by atoms with Crippen molar-refractivity contribution in [1.29, 1.82) is 0 Å². The average Bonchev–Trinajstić information content (AvgIpc) is 3.35. The molecule has 0 radical (unpaired) electrons. The van der Waals surface area contributed by atoms with E-state index in [0.717, 1.165) is 0 Å². The van der Waals surface area contributed by atoms with Gasteiger partial charge in [-0.15, -0.1) is 0 Å². The van der Waals surface area contributed by atoms with Gasteiger partial charge in [-0.05, 0) is 18.8 Å². The first-order chi connectivity index (χ1) is 17.8. The lowest BCUT2D eigenvalue weighted by Crippen LogP contribution is -2.58. The predicted molar refractivity (Wildman–Crippen MR) is 135 cm³/mol. The molecule has 0 bridgehead atoms. The second kappa shape index (κ2) is 15.8. The standard InChI is InChI=1S/C22H37N9O7/c1-3-11(2)17(21(37)38)31-20(36)15(8-16(32)33)30-19(35)14(5-4-6-27-22(24)25)29-18(34)13(23)7-12-9-26-10-28-12/h9-11,13-15,17H,3-8,23H2,1-2H3,(H,26,28)(H,29,34)(H,30,35)(H,31,36)(H,32,33)(H,37,38)(H4,24,25,27). The fourth-order valence-corrected chi connectivity index (χ4v) is 3.37. The molecule has 212 valence electrons. The number of carboxylic acid groups (broad SMARTS) is 2. The van der Waals surface area contributed by atoms with Crippen LogP contribution in [0.1, 0.15) is 45.2 Å². The van der Waals surface area contributed by atoms with Crippen LogP contribution in [0.15, 0.2) is 17.5 Å². The van der Waals surface area contributed by atoms with Crippen LogP contribution in [-0.4, -0.2) is 86.5 Å². The number of carboxylic acids is 2. The van der Waals surface area contributed by atoms with Crippen LogP contribution in [0.25, 0.3) is 0 Å². The van der Waals surface area contributed by atoms with Crippen molar-refractivity contribution < 1.29 is 34.2 Å². The third-order valence-corrected chi connectivity index (χ3v) is 5.70. The van der Waals surface area contributed by atoms with E-state index in [9.17, 15) is 34.2 Å². The van der Waals surface area contributed by atoms with Crippen molar-refractivity contribution in [2.24, 2.45) is 28.1 Å². The van der Waals surface area contributed by atoms with Gasteiger partial charge in [0.15, 0.2) is 5.96 Å². The SMILES string of the molecule is CCC(C)C(NC(=O)C(CC(=O)O)NC(=O)C(CCCN=C(N)N)NC(=O)C(N)Cc1cnc[nH]1)C(=O)O. The summed E-state index contributed by atoms with van der Waals surface area (Å²) in [6, 6.07) is -5.18. The molecule has 0 aliphatic rings. The number of aromatic nitrogens is 2. The first-order valence-electron chi connectivity index (χ1n) is 12.0. The summed E-state index contributed by atoms with van der Waals surface area (Å²) in [5.74, 6) is -5.87. The normalized spacial score (nSPS) is 14.7. The molecule has 38 heavy (non-hydrogen) atoms. The van der Waals surface area contributed by atoms with E-state index in [0.29, 0.717) is 12.1 Å². The fraction of sp³-hybridized carbons (Fsp3) is 0.591. The molecule has 0 aliphatic heterocycles. The molecule has 16 nitrogen and oxygen atoms in total. The van der Waals surface area contributed by atoms with Crippen LogP contribution in [0.4, 0.5) is 0 Å². The number of guanidine groups is 1. The van der Waals surface area contributed by atoms with Crippen molar-refractivity contribution in [3.05, 3.63) is 18.2 Å². The number of hydrogen-bond acceptors (Lipinski definition) is 8. The van der Waals surface area contributed by atoms with Gasteiger partial charge in [-0.3, -0.25) is 24.2 Å². The minimum Gasteiger partial charge on any atom is -0.481 e. The Morgan fingerprint density at radius 2 is 1.68 bits per heavy atom. The highest BCUT2D eigenvalue weighted by Gasteiger charge is 2.33. The van der Waals surface area contributed by atoms with Gasteiger partial charge in [-0.25, -0.2) is 9.78 Å². The van der Waals surface area contributed by atoms with Crippen LogP contribution in [0, 0.1) is 5.92 Å². The quantitative estimate of drug-likeness (QED) is 0.0561. The Bertz CT molecular complexity index is 980. The summed E-state index contributed by atoms with van der Waals surface area (Å²) in [6.07, 6.45) is 2.89. The number of aromatic amines is 1. The van der Waals surface area contributed by atoms with Gasteiger partial charge in [0.1, 0.15) is 18.1 Å². The fourth-order valence-electron chi connectivity index (χ4n) is 3.37. The summed E-state index contributed by atoms with van der Waals surface area (Å²) in [7, 11) is 0. The Labute approximate surface area is 219 Å². The Balaban J connectivity index is 3.03. The van der Waals surface area contributed by atoms with E-state index < -0.39 is 66.2 Å². The molecule has 3 amide bonds. The summed E-state index contributed by atoms with van der Waals surface area (Å²) in [5, 5.41) is 25.8. The second-order valence-electron chi connectivity index (χ2n) is 8.77. The minimum absolute atomic E-state index is 0.0250. The number of aliphatic imine (C=N–C) groups is 1. The zero-order valence-corrected chi connectivity index (χ0v) is 21.3. The van der Waals surface area contributed by atoms with Gasteiger partial charge in [0.2, 0.25) is 17.7 Å². The van der Waals surface area contributed by atoms with Crippen LogP contribution < -0.4 is 33.2 Å². The van der Waals surface area contributed by atoms with E-state index in [1.165, 1.54) is 12.5 Å². The van der Waals surface area contributed by atoms with E-state index in [4.69, 9.17) is 17.2 Å². The maximum absolute atomic E-state index is 13.1. The monoisotopic (exact) mass is 539 g/mol. The van der Waals surface area contributed by atoms with Crippen molar-refractivity contribution in [3.8, 4) is 0 Å². The number of rotatable bonds is 17. The maximum Gasteiger partial charge on any atom is 0.326 e. The molecule has 0 spiro atoms. The topological polar surface area (TPSA) is 281 Å². The third-order valence-electron chi connectivity index (χ3n) is 5.70. The van der Waals surface area contributed by atoms with Crippen molar-refractivity contribution in [3.63, 3.8) is 0 Å². The molecule has 1 heterocycles. The lowest BCUT2D eigenvalue weighted by molar-refractivity contribution is -0.144. The van der Waals surface area contributed by atoms with E-state index in [-0.39, 0.29) is 31.8 Å². The van der Waals surface area contributed by atoms with E-state index in [1.54, 1.807) is 13.8 Å². The molecule has 5 unspecified atom stereocenters. The number of carbonyl (C=O) groups is 5. The molecule has 0 fully saturated rings. The van der Waals surface area contributed by atoms with Crippen LogP contribution in [0.2, 0.25) is 0 Å². The predicted octanol–water partition coefficient (Wildman–Crippen LogP) is -2.61. The molecule has 0 aromatic carbocycles. The van der Waals surface area contributed by atoms with Gasteiger partial charge < -0.3 is 48.3 Å². The van der Waals surface area contributed by atoms with E-state index in [1.807, 2.05) is 0 Å². The van der Waals surface area contributed by atoms with Crippen LogP contribution in [-0.2, 0) is 30.4 Å². The third kappa shape index (κ3) is 11.2. The summed E-state index contributed by atoms with van der Waals surface area (Å²) in [6.45, 7) is 3.48. The Morgan fingerprint density at radius 3 is 2.21 bits per heavy atom. The Morgan fingerprint density at radius 1 is 1.05 bits per heavy atom. The van der Waals surface area contributed by atoms with Crippen LogP contribution >= 0.6 is 0 Å². The first-order valence-corrected chi connectivity index (χ1v) is 12.0. The highest BCUT2D eigenvalue weighted by Crippen LogP contribution is 2.09. The van der Waals surface area contributed by atoms with Crippen LogP contribution in [0.5, 0.6) is 0 Å². The van der Waals surface area contributed by atoms with E-state index >= 15 is 0 Å². The number of nitrogens with one attached hydrogen (secondary N) is 4. The number of hydrogen-bond donors (Lipinski definition) is 9. The maximum atomic E-state index is 13.1. The van der Waals surface area contributed by atoms with Gasteiger partial charge in [-0.2, -0.15) is 0 Å². The first kappa shape index (κ1) is 31.8. The van der Waals surface area contributed by atoms with Gasteiger partial charge >= 0.3 is 11.9 Å². The Kier molecular flexibility index (Phi) is 13.2. The summed E-state index contributed by atoms with van der Waals surface area (Å²) < 4.78 is 0. The molecule has 0 saturated carbocycles. The summed E-state index contributed by atoms with van der Waals surface area (Å²) in [5.41, 5.74) is 17.1. The zero-order chi connectivity index (χ0) is 28.8. The number of amides is 3. The number of carbonyl (C=O) groups excluding carboxylic acids is 3. The zero-order valence-electron chi connectivity index (χ0n) is 21.3. The molecular formula is C22H37N9O7. The smallest absolute Gasteiger partial charge is 0.326 e. The second-order valence-corrected chi connectivity index (χ2v) is 8.77. The van der Waals surface area contributed by atoms with Crippen molar-refractivity contribution in [2.75, 3.05) is 6.54 Å². The van der Waals surface area contributed by atoms with Gasteiger partial charge in [0.05, 0.1) is 18.8 Å². The molecule has 1 aromatic rings. The molecule has 1 rings (SSSR count). The lowest BCUT2D eigenvalue weighted by atomic mass is 9.98. The molecule has 0 saturated heterocycles. The molecule has 1 aromatic heterocycles. The summed E-state index contributed by atoms with van der Waals surface area (Å²) >= 11 is 0. The average molecular weight is 540 g/mol. The summed E-state index contributed by atoms with van der Waals surface area (Å²) in [4.78, 5) is 72.0. The Hall–Kier alpha value is -4.21. The van der Waals surface area contributed by atoms with E-state index in [2.05, 4.69) is 30.9 Å². The van der Waals surface area contributed by atoms with Crippen molar-refractivity contribution >= 4 is 35.6 Å². The lowest BCUT2D eigenvalue weighted by Gasteiger charge is -2.26. The minimum atomic E-state index is -1.61. The number of imidazole rings is 1. The molecule has 16 heteroatoms. The number of nitrogens with zero attached hydrogens (tertiary/aromatic N) is 2. The number of nitrogens with two attached hydrogens (primary N) is 3. The van der Waals surface area contributed by atoms with Crippen molar-refractivity contribution in [1.82, 2.24) is 25.9 Å². The van der Waals surface area contributed by atoms with Gasteiger partial charge in [0.25, 0.3) is 0 Å². The largest absolute Gasteiger partial charge is 0.481 e. The molecule has 0 aliphatic carbocycles. The molecule has 5 atom stereocenters.